The maximum Gasteiger partial charge on any atom is 0.256 e. The van der Waals surface area contributed by atoms with E-state index in [0.29, 0.717) is 5.92 Å². The van der Waals surface area contributed by atoms with Gasteiger partial charge in [-0.3, -0.25) is 9.89 Å². The predicted molar refractivity (Wildman–Crippen MR) is 98.8 cm³/mol. The number of nitrogens with zero attached hydrogens (tertiary/aromatic N) is 3. The SMILES string of the molecule is CCn1cc(C(=O)N2CCCC(c3[nH]ncc3C)C2)c2ccccc21. The second-order valence-electron chi connectivity index (χ2n) is 6.90. The van der Waals surface area contributed by atoms with Gasteiger partial charge in [0.1, 0.15) is 0 Å². The molecule has 1 N–H and O–H groups in total. The molecule has 1 unspecified atom stereocenters. The summed E-state index contributed by atoms with van der Waals surface area (Å²) in [5.74, 6) is 0.491. The molecule has 1 aromatic carbocycles. The number of amides is 1. The van der Waals surface area contributed by atoms with Crippen molar-refractivity contribution in [1.29, 1.82) is 0 Å². The highest BCUT2D eigenvalue weighted by atomic mass is 16.2. The summed E-state index contributed by atoms with van der Waals surface area (Å²) in [6.07, 6.45) is 6.01. The summed E-state index contributed by atoms with van der Waals surface area (Å²) in [6, 6.07) is 8.17. The van der Waals surface area contributed by atoms with Crippen molar-refractivity contribution in [2.75, 3.05) is 13.1 Å². The monoisotopic (exact) mass is 336 g/mol. The Labute approximate surface area is 147 Å². The third-order valence-electron chi connectivity index (χ3n) is 5.34. The lowest BCUT2D eigenvalue weighted by atomic mass is 9.92. The zero-order valence-electron chi connectivity index (χ0n) is 14.8. The van der Waals surface area contributed by atoms with Crippen LogP contribution in [0.2, 0.25) is 0 Å². The van der Waals surface area contributed by atoms with Gasteiger partial charge >= 0.3 is 0 Å². The zero-order chi connectivity index (χ0) is 17.4. The summed E-state index contributed by atoms with van der Waals surface area (Å²) in [7, 11) is 0. The van der Waals surface area contributed by atoms with Crippen molar-refractivity contribution in [2.24, 2.45) is 0 Å². The molecule has 5 nitrogen and oxygen atoms in total. The van der Waals surface area contributed by atoms with Crippen molar-refractivity contribution in [3.63, 3.8) is 0 Å². The Kier molecular flexibility index (Phi) is 4.07. The average molecular weight is 336 g/mol. The number of benzene rings is 1. The first-order valence-corrected chi connectivity index (χ1v) is 9.06. The number of H-pyrrole nitrogens is 1. The van der Waals surface area contributed by atoms with E-state index in [0.717, 1.165) is 48.9 Å². The summed E-state index contributed by atoms with van der Waals surface area (Å²) in [5, 5.41) is 8.32. The molecular weight excluding hydrogens is 312 g/mol. The Morgan fingerprint density at radius 2 is 2.20 bits per heavy atom. The molecule has 1 aliphatic heterocycles. The first-order valence-electron chi connectivity index (χ1n) is 9.06. The molecule has 0 bridgehead atoms. The Balaban J connectivity index is 1.64. The number of aromatic nitrogens is 3. The molecule has 25 heavy (non-hydrogen) atoms. The molecule has 3 aromatic rings. The number of para-hydroxylation sites is 1. The van der Waals surface area contributed by atoms with Crippen LogP contribution in [0.1, 0.15) is 47.3 Å². The number of piperidine rings is 1. The molecule has 0 saturated carbocycles. The molecule has 130 valence electrons. The van der Waals surface area contributed by atoms with Crippen LogP contribution in [0.4, 0.5) is 0 Å². The number of fused-ring (bicyclic) bond motifs is 1. The van der Waals surface area contributed by atoms with Crippen molar-refractivity contribution >= 4 is 16.8 Å². The van der Waals surface area contributed by atoms with Crippen LogP contribution in [0.25, 0.3) is 10.9 Å². The molecular formula is C20H24N4O. The van der Waals surface area contributed by atoms with Gasteiger partial charge in [0, 0.05) is 48.3 Å². The maximum absolute atomic E-state index is 13.2. The minimum absolute atomic E-state index is 0.144. The van der Waals surface area contributed by atoms with Crippen LogP contribution in [0.5, 0.6) is 0 Å². The minimum atomic E-state index is 0.144. The van der Waals surface area contributed by atoms with Gasteiger partial charge in [0.25, 0.3) is 5.91 Å². The molecule has 3 heterocycles. The van der Waals surface area contributed by atoms with Crippen molar-refractivity contribution in [2.45, 2.75) is 39.2 Å². The quantitative estimate of drug-likeness (QED) is 0.792. The second-order valence-corrected chi connectivity index (χ2v) is 6.90. The van der Waals surface area contributed by atoms with E-state index in [9.17, 15) is 4.79 Å². The number of aromatic amines is 1. The van der Waals surface area contributed by atoms with Crippen LogP contribution in [0, 0.1) is 6.92 Å². The number of likely N-dealkylation sites (tertiary alicyclic amines) is 1. The first kappa shape index (κ1) is 15.9. The number of hydrogen-bond donors (Lipinski definition) is 1. The topological polar surface area (TPSA) is 53.9 Å². The van der Waals surface area contributed by atoms with Gasteiger partial charge in [-0.1, -0.05) is 18.2 Å². The molecule has 1 saturated heterocycles. The second kappa shape index (κ2) is 6.39. The lowest BCUT2D eigenvalue weighted by molar-refractivity contribution is 0.0707. The van der Waals surface area contributed by atoms with Crippen LogP contribution in [-0.2, 0) is 6.54 Å². The van der Waals surface area contributed by atoms with Crippen molar-refractivity contribution in [1.82, 2.24) is 19.7 Å². The van der Waals surface area contributed by atoms with Crippen LogP contribution in [0.3, 0.4) is 0 Å². The number of aryl methyl sites for hydroxylation is 2. The smallest absolute Gasteiger partial charge is 0.256 e. The summed E-state index contributed by atoms with van der Waals surface area (Å²) >= 11 is 0. The van der Waals surface area contributed by atoms with Crippen LogP contribution < -0.4 is 0 Å². The molecule has 1 fully saturated rings. The van der Waals surface area contributed by atoms with Crippen LogP contribution >= 0.6 is 0 Å². The van der Waals surface area contributed by atoms with Crippen LogP contribution in [0.15, 0.2) is 36.7 Å². The predicted octanol–water partition coefficient (Wildman–Crippen LogP) is 3.71. The normalized spacial score (nSPS) is 18.0. The largest absolute Gasteiger partial charge is 0.347 e. The molecule has 0 spiro atoms. The van der Waals surface area contributed by atoms with Gasteiger partial charge < -0.3 is 9.47 Å². The Morgan fingerprint density at radius 1 is 1.36 bits per heavy atom. The lowest BCUT2D eigenvalue weighted by Crippen LogP contribution is -2.39. The highest BCUT2D eigenvalue weighted by Gasteiger charge is 2.28. The van der Waals surface area contributed by atoms with E-state index in [2.05, 4.69) is 40.7 Å². The Bertz CT molecular complexity index is 907. The van der Waals surface area contributed by atoms with Crippen molar-refractivity contribution in [3.05, 3.63) is 53.5 Å². The van der Waals surface area contributed by atoms with E-state index in [1.54, 1.807) is 0 Å². The van der Waals surface area contributed by atoms with Gasteiger partial charge in [0.2, 0.25) is 0 Å². The molecule has 5 heteroatoms. The molecule has 1 amide bonds. The zero-order valence-corrected chi connectivity index (χ0v) is 14.8. The molecule has 1 aliphatic rings. The van der Waals surface area contributed by atoms with Gasteiger partial charge in [-0.15, -0.1) is 0 Å². The maximum atomic E-state index is 13.2. The molecule has 4 rings (SSSR count). The van der Waals surface area contributed by atoms with Gasteiger partial charge in [0.15, 0.2) is 0 Å². The Hall–Kier alpha value is -2.56. The number of carbonyl (C=O) groups is 1. The molecule has 0 radical (unpaired) electrons. The average Bonchev–Trinajstić information content (AvgIpc) is 3.24. The fourth-order valence-electron chi connectivity index (χ4n) is 4.02. The van der Waals surface area contributed by atoms with Crippen molar-refractivity contribution in [3.8, 4) is 0 Å². The number of rotatable bonds is 3. The first-order chi connectivity index (χ1) is 12.2. The van der Waals surface area contributed by atoms with Gasteiger partial charge in [-0.2, -0.15) is 5.10 Å². The standard InChI is InChI=1S/C20H24N4O/c1-3-23-13-17(16-8-4-5-9-18(16)23)20(25)24-10-6-7-15(12-24)19-14(2)11-21-22-19/h4-5,8-9,11,13,15H,3,6-7,10,12H2,1-2H3,(H,21,22). The van der Waals surface area contributed by atoms with Crippen LogP contribution in [-0.4, -0.2) is 38.7 Å². The molecule has 2 aromatic heterocycles. The molecule has 1 atom stereocenters. The fourth-order valence-corrected chi connectivity index (χ4v) is 4.02. The molecule has 0 aliphatic carbocycles. The summed E-state index contributed by atoms with van der Waals surface area (Å²) < 4.78 is 2.16. The summed E-state index contributed by atoms with van der Waals surface area (Å²) in [6.45, 7) is 6.64. The summed E-state index contributed by atoms with van der Waals surface area (Å²) in [5.41, 5.74) is 4.31. The van der Waals surface area contributed by atoms with E-state index < -0.39 is 0 Å². The third-order valence-corrected chi connectivity index (χ3v) is 5.34. The number of hydrogen-bond acceptors (Lipinski definition) is 2. The van der Waals surface area contributed by atoms with E-state index in [1.165, 1.54) is 11.3 Å². The lowest BCUT2D eigenvalue weighted by Gasteiger charge is -2.32. The van der Waals surface area contributed by atoms with E-state index in [1.807, 2.05) is 29.4 Å². The highest BCUT2D eigenvalue weighted by molar-refractivity contribution is 6.07. The van der Waals surface area contributed by atoms with E-state index in [-0.39, 0.29) is 5.91 Å². The van der Waals surface area contributed by atoms with Gasteiger partial charge in [0.05, 0.1) is 11.8 Å². The van der Waals surface area contributed by atoms with E-state index in [4.69, 9.17) is 0 Å². The van der Waals surface area contributed by atoms with Gasteiger partial charge in [-0.05, 0) is 38.3 Å². The fraction of sp³-hybridized carbons (Fsp3) is 0.400. The number of nitrogens with one attached hydrogen (secondary N) is 1. The van der Waals surface area contributed by atoms with E-state index >= 15 is 0 Å². The summed E-state index contributed by atoms with van der Waals surface area (Å²) in [4.78, 5) is 15.2. The highest BCUT2D eigenvalue weighted by Crippen LogP contribution is 2.30. The third kappa shape index (κ3) is 2.73. The number of carbonyl (C=O) groups excluding carboxylic acids is 1. The minimum Gasteiger partial charge on any atom is -0.347 e. The van der Waals surface area contributed by atoms with Gasteiger partial charge in [-0.25, -0.2) is 0 Å². The Morgan fingerprint density at radius 3 is 2.96 bits per heavy atom. The van der Waals surface area contributed by atoms with Crippen molar-refractivity contribution < 1.29 is 4.79 Å².